The van der Waals surface area contributed by atoms with E-state index in [2.05, 4.69) is 9.97 Å². The molecule has 0 spiro atoms. The van der Waals surface area contributed by atoms with Gasteiger partial charge in [-0.25, -0.2) is 0 Å². The number of fused-ring (bicyclic) bond motifs is 1. The third kappa shape index (κ3) is 2.59. The minimum atomic E-state index is -0.365. The maximum atomic E-state index is 5.94. The van der Waals surface area contributed by atoms with E-state index in [1.54, 1.807) is 12.4 Å². The van der Waals surface area contributed by atoms with Crippen LogP contribution in [0.5, 0.6) is 0 Å². The monoisotopic (exact) mass is 282 g/mol. The van der Waals surface area contributed by atoms with Gasteiger partial charge >= 0.3 is 7.12 Å². The summed E-state index contributed by atoms with van der Waals surface area (Å²) in [5.74, 6) is 1.90. The van der Waals surface area contributed by atoms with E-state index in [9.17, 15) is 0 Å². The zero-order valence-corrected chi connectivity index (χ0v) is 12.8. The van der Waals surface area contributed by atoms with Gasteiger partial charge in [-0.05, 0) is 45.9 Å². The molecule has 1 saturated heterocycles. The fourth-order valence-corrected chi connectivity index (χ4v) is 2.28. The molecule has 1 fully saturated rings. The van der Waals surface area contributed by atoms with E-state index >= 15 is 0 Å². The lowest BCUT2D eigenvalue weighted by molar-refractivity contribution is 0.00578. The summed E-state index contributed by atoms with van der Waals surface area (Å²) in [5, 5.41) is 1.07. The molecule has 0 N–H and O–H groups in total. The average molecular weight is 282 g/mol. The molecule has 3 rings (SSSR count). The standard InChI is InChI=1S/C16H19BN2O2/c1-15(2)16(3,4)21-17(20-15)9-7-13-14-12(8-11-18-13)6-5-10-19-14/h5-11H,1-4H3/b9-7+. The number of nitrogens with zero attached hydrogens (tertiary/aromatic N) is 2. The van der Waals surface area contributed by atoms with Crippen LogP contribution in [0.2, 0.25) is 0 Å². The fourth-order valence-electron chi connectivity index (χ4n) is 2.28. The van der Waals surface area contributed by atoms with Gasteiger partial charge in [0, 0.05) is 17.8 Å². The van der Waals surface area contributed by atoms with Crippen LogP contribution in [0.4, 0.5) is 0 Å². The molecule has 0 aromatic carbocycles. The van der Waals surface area contributed by atoms with Crippen LogP contribution in [0.3, 0.4) is 0 Å². The molecule has 0 radical (unpaired) electrons. The van der Waals surface area contributed by atoms with Crippen molar-refractivity contribution in [3.05, 3.63) is 42.3 Å². The van der Waals surface area contributed by atoms with Crippen molar-refractivity contribution in [2.24, 2.45) is 0 Å². The van der Waals surface area contributed by atoms with Crippen molar-refractivity contribution in [2.75, 3.05) is 0 Å². The van der Waals surface area contributed by atoms with Crippen LogP contribution in [0, 0.1) is 0 Å². The lowest BCUT2D eigenvalue weighted by Gasteiger charge is -2.32. The summed E-state index contributed by atoms with van der Waals surface area (Å²) >= 11 is 0. The number of pyridine rings is 2. The Labute approximate surface area is 125 Å². The molecular weight excluding hydrogens is 263 g/mol. The first-order valence-corrected chi connectivity index (χ1v) is 7.13. The van der Waals surface area contributed by atoms with Gasteiger partial charge in [0.05, 0.1) is 22.4 Å². The average Bonchev–Trinajstić information content (AvgIpc) is 2.64. The summed E-state index contributed by atoms with van der Waals surface area (Å²) in [6, 6.07) is 5.90. The van der Waals surface area contributed by atoms with Gasteiger partial charge in [0.25, 0.3) is 0 Å². The maximum Gasteiger partial charge on any atom is 0.487 e. The van der Waals surface area contributed by atoms with Crippen LogP contribution >= 0.6 is 0 Å². The number of hydrogen-bond donors (Lipinski definition) is 0. The molecule has 0 saturated carbocycles. The van der Waals surface area contributed by atoms with E-state index in [1.165, 1.54) is 0 Å². The molecule has 0 bridgehead atoms. The Morgan fingerprint density at radius 1 is 1.00 bits per heavy atom. The van der Waals surface area contributed by atoms with Crippen LogP contribution < -0.4 is 0 Å². The molecule has 0 aliphatic carbocycles. The van der Waals surface area contributed by atoms with Crippen molar-refractivity contribution in [3.8, 4) is 0 Å². The Morgan fingerprint density at radius 3 is 2.43 bits per heavy atom. The molecule has 2 aromatic rings. The molecule has 0 atom stereocenters. The van der Waals surface area contributed by atoms with Crippen LogP contribution in [-0.4, -0.2) is 28.3 Å². The summed E-state index contributed by atoms with van der Waals surface area (Å²) in [6.45, 7) is 8.16. The minimum absolute atomic E-state index is 0.327. The molecule has 3 heterocycles. The normalized spacial score (nSPS) is 20.5. The van der Waals surface area contributed by atoms with Crippen molar-refractivity contribution in [1.82, 2.24) is 9.97 Å². The van der Waals surface area contributed by atoms with Crippen LogP contribution in [0.25, 0.3) is 17.0 Å². The van der Waals surface area contributed by atoms with Crippen molar-refractivity contribution in [3.63, 3.8) is 0 Å². The predicted molar refractivity (Wildman–Crippen MR) is 84.7 cm³/mol. The van der Waals surface area contributed by atoms with Crippen molar-refractivity contribution < 1.29 is 9.31 Å². The SMILES string of the molecule is CC1(C)OB(/C=C/c2nccc3cccnc23)OC1(C)C. The first kappa shape index (κ1) is 14.2. The van der Waals surface area contributed by atoms with Crippen molar-refractivity contribution in [1.29, 1.82) is 0 Å². The summed E-state index contributed by atoms with van der Waals surface area (Å²) in [5.41, 5.74) is 1.05. The minimum Gasteiger partial charge on any atom is -0.400 e. The zero-order chi connectivity index (χ0) is 15.1. The number of rotatable bonds is 2. The first-order chi connectivity index (χ1) is 9.89. The zero-order valence-electron chi connectivity index (χ0n) is 12.8. The van der Waals surface area contributed by atoms with E-state index in [-0.39, 0.29) is 18.3 Å². The Bertz CT molecular complexity index is 676. The summed E-state index contributed by atoms with van der Waals surface area (Å²) in [6.07, 6.45) is 5.47. The number of hydrogen-bond acceptors (Lipinski definition) is 4. The lowest BCUT2D eigenvalue weighted by atomic mass is 9.89. The molecule has 4 nitrogen and oxygen atoms in total. The van der Waals surface area contributed by atoms with Crippen LogP contribution in [-0.2, 0) is 9.31 Å². The van der Waals surface area contributed by atoms with Crippen molar-refractivity contribution in [2.45, 2.75) is 38.9 Å². The molecule has 0 unspecified atom stereocenters. The van der Waals surface area contributed by atoms with Crippen LogP contribution in [0.15, 0.2) is 36.6 Å². The molecule has 108 valence electrons. The quantitative estimate of drug-likeness (QED) is 0.793. The molecular formula is C16H19BN2O2. The molecule has 1 aliphatic heterocycles. The highest BCUT2D eigenvalue weighted by Crippen LogP contribution is 2.37. The van der Waals surface area contributed by atoms with Gasteiger partial charge in [0.2, 0.25) is 0 Å². The van der Waals surface area contributed by atoms with Gasteiger partial charge < -0.3 is 9.31 Å². The van der Waals surface area contributed by atoms with E-state index in [4.69, 9.17) is 9.31 Å². The Balaban J connectivity index is 1.87. The van der Waals surface area contributed by atoms with Gasteiger partial charge in [-0.1, -0.05) is 12.0 Å². The predicted octanol–water partition coefficient (Wildman–Crippen LogP) is 3.27. The van der Waals surface area contributed by atoms with E-state index in [1.807, 2.05) is 57.9 Å². The first-order valence-electron chi connectivity index (χ1n) is 7.13. The van der Waals surface area contributed by atoms with Gasteiger partial charge in [0.1, 0.15) is 0 Å². The molecule has 1 aliphatic rings. The van der Waals surface area contributed by atoms with E-state index < -0.39 is 0 Å². The number of aromatic nitrogens is 2. The maximum absolute atomic E-state index is 5.94. The summed E-state index contributed by atoms with van der Waals surface area (Å²) < 4.78 is 11.9. The topological polar surface area (TPSA) is 44.2 Å². The second-order valence-electron chi connectivity index (χ2n) is 6.26. The summed E-state index contributed by atoms with van der Waals surface area (Å²) in [4.78, 5) is 8.77. The summed E-state index contributed by atoms with van der Waals surface area (Å²) in [7, 11) is -0.365. The Hall–Kier alpha value is -1.72. The third-order valence-electron chi connectivity index (χ3n) is 4.23. The van der Waals surface area contributed by atoms with Crippen molar-refractivity contribution >= 4 is 24.1 Å². The van der Waals surface area contributed by atoms with Gasteiger partial charge in [-0.2, -0.15) is 0 Å². The second-order valence-corrected chi connectivity index (χ2v) is 6.26. The molecule has 21 heavy (non-hydrogen) atoms. The highest BCUT2D eigenvalue weighted by atomic mass is 16.7. The Kier molecular flexibility index (Phi) is 3.34. The van der Waals surface area contributed by atoms with Gasteiger partial charge in [0.15, 0.2) is 0 Å². The van der Waals surface area contributed by atoms with Crippen LogP contribution in [0.1, 0.15) is 33.4 Å². The molecule has 2 aromatic heterocycles. The highest BCUT2D eigenvalue weighted by molar-refractivity contribution is 6.52. The highest BCUT2D eigenvalue weighted by Gasteiger charge is 2.50. The largest absolute Gasteiger partial charge is 0.487 e. The second kappa shape index (κ2) is 4.93. The Morgan fingerprint density at radius 2 is 1.71 bits per heavy atom. The van der Waals surface area contributed by atoms with E-state index in [0.717, 1.165) is 16.6 Å². The molecule has 5 heteroatoms. The third-order valence-corrected chi connectivity index (χ3v) is 4.23. The molecule has 0 amide bonds. The van der Waals surface area contributed by atoms with E-state index in [0.29, 0.717) is 0 Å². The van der Waals surface area contributed by atoms with Gasteiger partial charge in [-0.3, -0.25) is 9.97 Å². The lowest BCUT2D eigenvalue weighted by Crippen LogP contribution is -2.41. The fraction of sp³-hybridized carbons (Fsp3) is 0.375. The smallest absolute Gasteiger partial charge is 0.400 e. The van der Waals surface area contributed by atoms with Gasteiger partial charge in [-0.15, -0.1) is 0 Å².